The normalized spacial score (nSPS) is 17.8. The minimum atomic E-state index is -0.149. The van der Waals surface area contributed by atoms with Crippen LogP contribution in [0.1, 0.15) is 31.5 Å². The van der Waals surface area contributed by atoms with E-state index < -0.39 is 0 Å². The molecule has 1 atom stereocenters. The maximum absolute atomic E-state index is 11.9. The van der Waals surface area contributed by atoms with Gasteiger partial charge in [0.05, 0.1) is 5.69 Å². The summed E-state index contributed by atoms with van der Waals surface area (Å²) >= 11 is 0. The molecule has 3 heterocycles. The largest absolute Gasteiger partial charge is 0.343 e. The van der Waals surface area contributed by atoms with Crippen molar-refractivity contribution in [1.29, 1.82) is 0 Å². The molecule has 0 bridgehead atoms. The lowest BCUT2D eigenvalue weighted by Gasteiger charge is -2.32. The number of benzene rings is 1. The van der Waals surface area contributed by atoms with Crippen LogP contribution in [0.25, 0.3) is 5.69 Å². The third kappa shape index (κ3) is 2.81. The van der Waals surface area contributed by atoms with Gasteiger partial charge in [-0.15, -0.1) is 0 Å². The van der Waals surface area contributed by atoms with Crippen LogP contribution in [0.3, 0.4) is 0 Å². The van der Waals surface area contributed by atoms with E-state index in [1.165, 1.54) is 0 Å². The molecule has 4 rings (SSSR count). The lowest BCUT2D eigenvalue weighted by Crippen LogP contribution is -2.37. The van der Waals surface area contributed by atoms with Gasteiger partial charge < -0.3 is 4.90 Å². The van der Waals surface area contributed by atoms with Gasteiger partial charge in [0.25, 0.3) is 0 Å². The topological polar surface area (TPSA) is 97.5 Å². The van der Waals surface area contributed by atoms with E-state index in [9.17, 15) is 4.79 Å². The standard InChI is InChI=1S/C16H20N8O/c1-2-23-14(17-19-16(23)25)12-7-6-10-22(11-12)15-18-20-21-24(15)13-8-4-3-5-9-13/h3-5,8-9,12H,2,6-7,10-11H2,1H3,(H,19,25). The molecule has 1 aromatic carbocycles. The molecule has 3 aromatic rings. The third-order valence-corrected chi connectivity index (χ3v) is 4.63. The van der Waals surface area contributed by atoms with Crippen LogP contribution in [0.15, 0.2) is 35.1 Å². The number of aromatic amines is 1. The Hall–Kier alpha value is -2.97. The predicted molar refractivity (Wildman–Crippen MR) is 91.9 cm³/mol. The van der Waals surface area contributed by atoms with Crippen molar-refractivity contribution in [1.82, 2.24) is 35.0 Å². The van der Waals surface area contributed by atoms with Crippen molar-refractivity contribution in [2.24, 2.45) is 0 Å². The van der Waals surface area contributed by atoms with Crippen LogP contribution in [0, 0.1) is 0 Å². The molecule has 25 heavy (non-hydrogen) atoms. The first-order chi connectivity index (χ1) is 12.3. The summed E-state index contributed by atoms with van der Waals surface area (Å²) in [6.07, 6.45) is 1.99. The van der Waals surface area contributed by atoms with E-state index in [0.717, 1.165) is 43.4 Å². The van der Waals surface area contributed by atoms with Gasteiger partial charge in [-0.05, 0) is 42.3 Å². The second-order valence-electron chi connectivity index (χ2n) is 6.14. The van der Waals surface area contributed by atoms with Crippen LogP contribution < -0.4 is 10.6 Å². The molecule has 2 aromatic heterocycles. The first-order valence-corrected chi connectivity index (χ1v) is 8.51. The van der Waals surface area contributed by atoms with Gasteiger partial charge in [0.1, 0.15) is 5.82 Å². The molecule has 0 aliphatic carbocycles. The smallest absolute Gasteiger partial charge is 0.339 e. The van der Waals surface area contributed by atoms with E-state index in [-0.39, 0.29) is 11.6 Å². The zero-order valence-corrected chi connectivity index (χ0v) is 14.0. The molecule has 9 nitrogen and oxygen atoms in total. The molecular formula is C16H20N8O. The summed E-state index contributed by atoms with van der Waals surface area (Å²) in [7, 11) is 0. The number of nitrogens with one attached hydrogen (secondary N) is 1. The summed E-state index contributed by atoms with van der Waals surface area (Å²) in [5, 5.41) is 19.0. The molecule has 0 spiro atoms. The number of piperidine rings is 1. The maximum atomic E-state index is 11.9. The third-order valence-electron chi connectivity index (χ3n) is 4.63. The minimum Gasteiger partial charge on any atom is -0.339 e. The zero-order valence-electron chi connectivity index (χ0n) is 14.0. The van der Waals surface area contributed by atoms with Crippen LogP contribution in [-0.4, -0.2) is 48.1 Å². The quantitative estimate of drug-likeness (QED) is 0.759. The fourth-order valence-electron chi connectivity index (χ4n) is 3.43. The van der Waals surface area contributed by atoms with Gasteiger partial charge in [-0.2, -0.15) is 9.78 Å². The molecule has 130 valence electrons. The average molecular weight is 340 g/mol. The number of rotatable bonds is 4. The Morgan fingerprint density at radius 3 is 2.92 bits per heavy atom. The van der Waals surface area contributed by atoms with Crippen LogP contribution in [0.2, 0.25) is 0 Å². The number of aromatic nitrogens is 7. The fraction of sp³-hybridized carbons (Fsp3) is 0.438. The van der Waals surface area contributed by atoms with E-state index in [4.69, 9.17) is 0 Å². The van der Waals surface area contributed by atoms with Crippen molar-refractivity contribution >= 4 is 5.95 Å². The highest BCUT2D eigenvalue weighted by molar-refractivity contribution is 5.41. The Balaban J connectivity index is 1.63. The first kappa shape index (κ1) is 15.6. The van der Waals surface area contributed by atoms with Crippen LogP contribution >= 0.6 is 0 Å². The Kier molecular flexibility index (Phi) is 4.04. The first-order valence-electron chi connectivity index (χ1n) is 8.51. The number of nitrogens with zero attached hydrogens (tertiary/aromatic N) is 7. The molecule has 1 saturated heterocycles. The number of tetrazole rings is 1. The molecule has 1 fully saturated rings. The van der Waals surface area contributed by atoms with Gasteiger partial charge in [0, 0.05) is 25.6 Å². The SMILES string of the molecule is CCn1c(C2CCCN(c3nnnn3-c3ccccc3)C2)n[nH]c1=O. The Bertz CT molecular complexity index is 896. The second kappa shape index (κ2) is 6.50. The maximum Gasteiger partial charge on any atom is 0.343 e. The van der Waals surface area contributed by atoms with Gasteiger partial charge in [-0.1, -0.05) is 23.3 Å². The number of H-pyrrole nitrogens is 1. The van der Waals surface area contributed by atoms with Crippen molar-refractivity contribution in [2.75, 3.05) is 18.0 Å². The summed E-state index contributed by atoms with van der Waals surface area (Å²) in [4.78, 5) is 14.0. The van der Waals surface area contributed by atoms with Gasteiger partial charge in [0.2, 0.25) is 5.95 Å². The summed E-state index contributed by atoms with van der Waals surface area (Å²) in [6, 6.07) is 9.84. The van der Waals surface area contributed by atoms with Crippen molar-refractivity contribution < 1.29 is 0 Å². The van der Waals surface area contributed by atoms with Gasteiger partial charge in [-0.3, -0.25) is 4.57 Å². The molecule has 0 saturated carbocycles. The van der Waals surface area contributed by atoms with Gasteiger partial charge in [0.15, 0.2) is 0 Å². The number of hydrogen-bond acceptors (Lipinski definition) is 6. The average Bonchev–Trinajstić information content (AvgIpc) is 3.29. The number of para-hydroxylation sites is 1. The summed E-state index contributed by atoms with van der Waals surface area (Å²) in [6.45, 7) is 4.18. The van der Waals surface area contributed by atoms with E-state index >= 15 is 0 Å². The molecule has 0 amide bonds. The second-order valence-corrected chi connectivity index (χ2v) is 6.14. The summed E-state index contributed by atoms with van der Waals surface area (Å²) in [5.41, 5.74) is 0.776. The Morgan fingerprint density at radius 2 is 2.12 bits per heavy atom. The van der Waals surface area contributed by atoms with Crippen LogP contribution in [-0.2, 0) is 6.54 Å². The monoisotopic (exact) mass is 340 g/mol. The van der Waals surface area contributed by atoms with E-state index in [1.807, 2.05) is 37.3 Å². The molecule has 1 aliphatic heterocycles. The Morgan fingerprint density at radius 1 is 1.28 bits per heavy atom. The lowest BCUT2D eigenvalue weighted by atomic mass is 9.97. The molecular weight excluding hydrogens is 320 g/mol. The van der Waals surface area contributed by atoms with Gasteiger partial charge in [-0.25, -0.2) is 9.89 Å². The zero-order chi connectivity index (χ0) is 17.2. The minimum absolute atomic E-state index is 0.149. The van der Waals surface area contributed by atoms with E-state index in [1.54, 1.807) is 9.25 Å². The van der Waals surface area contributed by atoms with Crippen molar-refractivity contribution in [2.45, 2.75) is 32.2 Å². The van der Waals surface area contributed by atoms with Crippen LogP contribution in [0.4, 0.5) is 5.95 Å². The lowest BCUT2D eigenvalue weighted by molar-refractivity contribution is 0.465. The molecule has 1 N–H and O–H groups in total. The van der Waals surface area contributed by atoms with Crippen molar-refractivity contribution in [3.8, 4) is 5.69 Å². The highest BCUT2D eigenvalue weighted by atomic mass is 16.1. The molecule has 1 aliphatic rings. The van der Waals surface area contributed by atoms with Crippen molar-refractivity contribution in [3.63, 3.8) is 0 Å². The highest BCUT2D eigenvalue weighted by Crippen LogP contribution is 2.28. The van der Waals surface area contributed by atoms with Gasteiger partial charge >= 0.3 is 5.69 Å². The van der Waals surface area contributed by atoms with E-state index in [0.29, 0.717) is 6.54 Å². The van der Waals surface area contributed by atoms with E-state index in [2.05, 4.69) is 30.6 Å². The fourth-order valence-corrected chi connectivity index (χ4v) is 3.43. The van der Waals surface area contributed by atoms with Crippen molar-refractivity contribution in [3.05, 3.63) is 46.6 Å². The summed E-state index contributed by atoms with van der Waals surface area (Å²) < 4.78 is 3.45. The molecule has 1 unspecified atom stereocenters. The molecule has 9 heteroatoms. The predicted octanol–water partition coefficient (Wildman–Crippen LogP) is 0.951. The number of anilines is 1. The Labute approximate surface area is 144 Å². The number of hydrogen-bond donors (Lipinski definition) is 1. The summed E-state index contributed by atoms with van der Waals surface area (Å²) in [5.74, 6) is 1.71. The molecule has 0 radical (unpaired) electrons. The van der Waals surface area contributed by atoms with Crippen LogP contribution in [0.5, 0.6) is 0 Å². The highest BCUT2D eigenvalue weighted by Gasteiger charge is 2.28.